The second-order valence-corrected chi connectivity index (χ2v) is 7.62. The highest BCUT2D eigenvalue weighted by Gasteiger charge is 2.37. The summed E-state index contributed by atoms with van der Waals surface area (Å²) in [5.41, 5.74) is 4.09. The second kappa shape index (κ2) is 6.91. The normalized spacial score (nSPS) is 17.9. The summed E-state index contributed by atoms with van der Waals surface area (Å²) in [5.74, 6) is 1.12. The number of allylic oxidation sites excluding steroid dienone is 2. The summed E-state index contributed by atoms with van der Waals surface area (Å²) >= 11 is 0. The van der Waals surface area contributed by atoms with E-state index in [1.165, 1.54) is 12.1 Å². The first-order valence-electron chi connectivity index (χ1n) is 9.82. The van der Waals surface area contributed by atoms with E-state index in [0.717, 1.165) is 29.7 Å². The predicted octanol–water partition coefficient (Wildman–Crippen LogP) is 4.18. The van der Waals surface area contributed by atoms with E-state index in [1.54, 1.807) is 16.8 Å². The van der Waals surface area contributed by atoms with Gasteiger partial charge in [-0.05, 0) is 25.3 Å². The molecule has 8 nitrogen and oxygen atoms in total. The van der Waals surface area contributed by atoms with Gasteiger partial charge in [-0.25, -0.2) is 4.68 Å². The van der Waals surface area contributed by atoms with E-state index in [9.17, 15) is 14.9 Å². The predicted molar refractivity (Wildman–Crippen MR) is 111 cm³/mol. The summed E-state index contributed by atoms with van der Waals surface area (Å²) in [7, 11) is 0. The summed E-state index contributed by atoms with van der Waals surface area (Å²) in [4.78, 5) is 28.4. The molecule has 0 saturated carbocycles. The van der Waals surface area contributed by atoms with Gasteiger partial charge < -0.3 is 5.32 Å². The number of Topliss-reactive ketones (excluding diaryl/α,β-unsaturated/α-hetero) is 1. The number of hydrogen-bond donors (Lipinski definition) is 1. The molecule has 0 bridgehead atoms. The molecule has 1 atom stereocenters. The quantitative estimate of drug-likeness (QED) is 0.522. The van der Waals surface area contributed by atoms with Crippen LogP contribution < -0.4 is 5.32 Å². The maximum atomic E-state index is 12.9. The Morgan fingerprint density at radius 3 is 2.73 bits per heavy atom. The first kappa shape index (κ1) is 18.2. The van der Waals surface area contributed by atoms with Crippen molar-refractivity contribution in [2.45, 2.75) is 32.2 Å². The molecule has 8 heteroatoms. The van der Waals surface area contributed by atoms with Crippen LogP contribution in [0.1, 0.15) is 36.4 Å². The Kier molecular flexibility index (Phi) is 4.20. The van der Waals surface area contributed by atoms with E-state index >= 15 is 0 Å². The fraction of sp³-hybridized carbons (Fsp3) is 0.227. The van der Waals surface area contributed by atoms with E-state index in [4.69, 9.17) is 5.10 Å². The largest absolute Gasteiger partial charge is 0.328 e. The zero-order chi connectivity index (χ0) is 20.8. The molecular formula is C22H19N5O3. The van der Waals surface area contributed by atoms with E-state index in [0.29, 0.717) is 29.3 Å². The molecule has 0 amide bonds. The van der Waals surface area contributed by atoms with Crippen LogP contribution in [0.3, 0.4) is 0 Å². The van der Waals surface area contributed by atoms with E-state index in [1.807, 2.05) is 31.2 Å². The fourth-order valence-corrected chi connectivity index (χ4v) is 4.10. The SMILES string of the molecule is Cc1ccc(-c2nc3n(n2)C(c2cccc([N+](=O)[O-])c2)C2=C(CCCC2=O)N3)cc1. The number of rotatable bonds is 3. The van der Waals surface area contributed by atoms with Crippen LogP contribution in [-0.4, -0.2) is 25.5 Å². The van der Waals surface area contributed by atoms with E-state index < -0.39 is 11.0 Å². The Morgan fingerprint density at radius 1 is 1.17 bits per heavy atom. The fourth-order valence-electron chi connectivity index (χ4n) is 4.10. The zero-order valence-corrected chi connectivity index (χ0v) is 16.3. The standard InChI is InChI=1S/C22H19N5O3/c1-13-8-10-14(11-9-13)21-24-22-23-17-6-3-7-18(28)19(17)20(26(22)25-21)15-4-2-5-16(12-15)27(29)30/h2,4-5,8-12,20H,3,6-7H2,1H3,(H,23,24,25). The molecule has 1 aromatic heterocycles. The summed E-state index contributed by atoms with van der Waals surface area (Å²) in [6, 6.07) is 13.8. The van der Waals surface area contributed by atoms with Gasteiger partial charge in [0.15, 0.2) is 11.6 Å². The molecule has 5 rings (SSSR count). The number of carbonyl (C=O) groups excluding carboxylic acids is 1. The van der Waals surface area contributed by atoms with Gasteiger partial charge in [-0.15, -0.1) is 5.10 Å². The first-order valence-corrected chi connectivity index (χ1v) is 9.82. The van der Waals surface area contributed by atoms with Gasteiger partial charge in [-0.2, -0.15) is 4.98 Å². The van der Waals surface area contributed by atoms with Crippen LogP contribution in [0.4, 0.5) is 11.6 Å². The van der Waals surface area contributed by atoms with Crippen molar-refractivity contribution in [3.63, 3.8) is 0 Å². The number of aryl methyl sites for hydroxylation is 1. The molecule has 0 fully saturated rings. The van der Waals surface area contributed by atoms with Crippen LogP contribution in [0, 0.1) is 17.0 Å². The number of nitro groups is 1. The van der Waals surface area contributed by atoms with Crippen molar-refractivity contribution in [3.05, 3.63) is 81.0 Å². The third kappa shape index (κ3) is 2.97. The number of ketones is 1. The van der Waals surface area contributed by atoms with Crippen molar-refractivity contribution in [3.8, 4) is 11.4 Å². The first-order chi connectivity index (χ1) is 14.5. The lowest BCUT2D eigenvalue weighted by atomic mass is 9.85. The van der Waals surface area contributed by atoms with Crippen molar-refractivity contribution >= 4 is 17.4 Å². The van der Waals surface area contributed by atoms with Gasteiger partial charge in [0.25, 0.3) is 5.69 Å². The maximum absolute atomic E-state index is 12.9. The van der Waals surface area contributed by atoms with Crippen LogP contribution in [0.25, 0.3) is 11.4 Å². The smallest absolute Gasteiger partial charge is 0.269 e. The number of nitrogens with one attached hydrogen (secondary N) is 1. The van der Waals surface area contributed by atoms with Crippen LogP contribution in [0.15, 0.2) is 59.8 Å². The zero-order valence-electron chi connectivity index (χ0n) is 16.3. The van der Waals surface area contributed by atoms with Crippen LogP contribution >= 0.6 is 0 Å². The highest BCUT2D eigenvalue weighted by atomic mass is 16.6. The maximum Gasteiger partial charge on any atom is 0.269 e. The topological polar surface area (TPSA) is 103 Å². The number of nitrogens with zero attached hydrogens (tertiary/aromatic N) is 4. The molecular weight excluding hydrogens is 382 g/mol. The molecule has 0 spiro atoms. The lowest BCUT2D eigenvalue weighted by Crippen LogP contribution is -2.31. The van der Waals surface area contributed by atoms with Gasteiger partial charge in [0.05, 0.1) is 4.92 Å². The molecule has 0 radical (unpaired) electrons. The van der Waals surface area contributed by atoms with Gasteiger partial charge in [0.1, 0.15) is 6.04 Å². The Hall–Kier alpha value is -3.81. The highest BCUT2D eigenvalue weighted by molar-refractivity contribution is 5.99. The number of fused-ring (bicyclic) bond motifs is 1. The molecule has 2 aromatic carbocycles. The van der Waals surface area contributed by atoms with Crippen LogP contribution in [0.5, 0.6) is 0 Å². The molecule has 30 heavy (non-hydrogen) atoms. The summed E-state index contributed by atoms with van der Waals surface area (Å²) in [6.45, 7) is 2.01. The molecule has 1 N–H and O–H groups in total. The van der Waals surface area contributed by atoms with Gasteiger partial charge in [-0.3, -0.25) is 14.9 Å². The van der Waals surface area contributed by atoms with Gasteiger partial charge >= 0.3 is 0 Å². The van der Waals surface area contributed by atoms with Gasteiger partial charge in [0, 0.05) is 35.4 Å². The highest BCUT2D eigenvalue weighted by Crippen LogP contribution is 2.41. The van der Waals surface area contributed by atoms with Crippen LogP contribution in [0.2, 0.25) is 0 Å². The molecule has 1 aliphatic carbocycles. The number of benzene rings is 2. The summed E-state index contributed by atoms with van der Waals surface area (Å²) < 4.78 is 1.68. The van der Waals surface area contributed by atoms with Crippen molar-refractivity contribution in [1.29, 1.82) is 0 Å². The lowest BCUT2D eigenvalue weighted by Gasteiger charge is -2.32. The Morgan fingerprint density at radius 2 is 1.97 bits per heavy atom. The number of anilines is 1. The van der Waals surface area contributed by atoms with E-state index in [2.05, 4.69) is 10.3 Å². The Balaban J connectivity index is 1.68. The number of non-ortho nitro benzene ring substituents is 1. The summed E-state index contributed by atoms with van der Waals surface area (Å²) in [6.07, 6.45) is 1.96. The molecule has 1 aliphatic heterocycles. The summed E-state index contributed by atoms with van der Waals surface area (Å²) in [5, 5.41) is 19.3. The lowest BCUT2D eigenvalue weighted by molar-refractivity contribution is -0.384. The third-order valence-corrected chi connectivity index (χ3v) is 5.57. The average molecular weight is 401 g/mol. The van der Waals surface area contributed by atoms with Gasteiger partial charge in [0.2, 0.25) is 5.95 Å². The third-order valence-electron chi connectivity index (χ3n) is 5.57. The molecule has 3 aromatic rings. The number of carbonyl (C=O) groups is 1. The van der Waals surface area contributed by atoms with Crippen molar-refractivity contribution < 1.29 is 9.72 Å². The van der Waals surface area contributed by atoms with Crippen molar-refractivity contribution in [2.24, 2.45) is 0 Å². The average Bonchev–Trinajstić information content (AvgIpc) is 3.16. The second-order valence-electron chi connectivity index (χ2n) is 7.62. The molecule has 1 unspecified atom stereocenters. The minimum Gasteiger partial charge on any atom is -0.328 e. The number of aromatic nitrogens is 3. The van der Waals surface area contributed by atoms with E-state index in [-0.39, 0.29) is 11.5 Å². The molecule has 0 saturated heterocycles. The minimum atomic E-state index is -0.546. The minimum absolute atomic E-state index is 0.0168. The Bertz CT molecular complexity index is 1210. The number of nitro benzene ring substituents is 1. The van der Waals surface area contributed by atoms with Crippen molar-refractivity contribution in [1.82, 2.24) is 14.8 Å². The van der Waals surface area contributed by atoms with Crippen molar-refractivity contribution in [2.75, 3.05) is 5.32 Å². The number of hydrogen-bond acceptors (Lipinski definition) is 6. The molecule has 150 valence electrons. The Labute approximate surface area is 172 Å². The monoisotopic (exact) mass is 401 g/mol. The van der Waals surface area contributed by atoms with Crippen LogP contribution in [-0.2, 0) is 4.79 Å². The van der Waals surface area contributed by atoms with Gasteiger partial charge in [-0.1, -0.05) is 42.0 Å². The molecule has 2 aliphatic rings. The molecule has 2 heterocycles.